The third kappa shape index (κ3) is 6.18. The second-order valence-corrected chi connectivity index (χ2v) is 17.6. The molecule has 1 aliphatic carbocycles. The Balaban J connectivity index is 0.993. The monoisotopic (exact) mass is 852 g/mol. The van der Waals surface area contributed by atoms with Crippen molar-refractivity contribution in [2.45, 2.75) is 5.41 Å². The Morgan fingerprint density at radius 3 is 1.66 bits per heavy atom. The third-order valence-electron chi connectivity index (χ3n) is 14.1. The van der Waals surface area contributed by atoms with Crippen molar-refractivity contribution >= 4 is 49.6 Å². The summed E-state index contributed by atoms with van der Waals surface area (Å²) in [4.78, 5) is 2.44. The number of rotatable bonds is 8. The highest BCUT2D eigenvalue weighted by Crippen LogP contribution is 2.57. The predicted octanol–water partition coefficient (Wildman–Crippen LogP) is 17.1. The van der Waals surface area contributed by atoms with Gasteiger partial charge in [-0.05, 0) is 133 Å². The molecule has 0 spiro atoms. The lowest BCUT2D eigenvalue weighted by Crippen LogP contribution is -2.28. The van der Waals surface area contributed by atoms with E-state index in [4.69, 9.17) is 0 Å². The number of aromatic nitrogens is 1. The summed E-state index contributed by atoms with van der Waals surface area (Å²) in [5.41, 5.74) is 18.7. The molecule has 12 aromatic rings. The molecule has 0 bridgehead atoms. The van der Waals surface area contributed by atoms with Crippen molar-refractivity contribution in [3.8, 4) is 39.1 Å². The third-order valence-corrected chi connectivity index (χ3v) is 14.1. The quantitative estimate of drug-likeness (QED) is 0.148. The standard InChI is InChI=1S/C65H44N2/c1-4-21-49(22-5-1)65(50-23-6-2-7-24-50)61-32-14-12-29-57(61)58-40-39-54(44-62(58)65)66(53-27-16-20-48(42-53)56-31-17-19-46-18-10-11-28-55(46)56)52-37-34-45(35-38-52)47-36-41-64-60(43-47)59-30-13-15-33-63(59)67(64)51-25-8-3-9-26-51/h1-44H. The van der Waals surface area contributed by atoms with Crippen LogP contribution < -0.4 is 4.90 Å². The second kappa shape index (κ2) is 15.8. The molecule has 11 aromatic carbocycles. The summed E-state index contributed by atoms with van der Waals surface area (Å²) in [6, 6.07) is 98.1. The number of anilines is 3. The lowest BCUT2D eigenvalue weighted by Gasteiger charge is -2.35. The van der Waals surface area contributed by atoms with Gasteiger partial charge in [0.2, 0.25) is 0 Å². The Kier molecular flexibility index (Phi) is 9.11. The van der Waals surface area contributed by atoms with E-state index in [2.05, 4.69) is 276 Å². The van der Waals surface area contributed by atoms with Crippen LogP contribution in [-0.4, -0.2) is 4.57 Å². The summed E-state index contributed by atoms with van der Waals surface area (Å²) in [5, 5.41) is 4.97. The van der Waals surface area contributed by atoms with Crippen molar-refractivity contribution in [2.24, 2.45) is 0 Å². The molecule has 1 aromatic heterocycles. The van der Waals surface area contributed by atoms with E-state index in [1.165, 1.54) is 88.2 Å². The predicted molar refractivity (Wildman–Crippen MR) is 281 cm³/mol. The van der Waals surface area contributed by atoms with Crippen LogP contribution in [0.5, 0.6) is 0 Å². The van der Waals surface area contributed by atoms with Crippen LogP contribution in [0.3, 0.4) is 0 Å². The number of benzene rings is 11. The fourth-order valence-electron chi connectivity index (χ4n) is 11.1. The van der Waals surface area contributed by atoms with Crippen LogP contribution in [0.1, 0.15) is 22.3 Å². The van der Waals surface area contributed by atoms with E-state index >= 15 is 0 Å². The fourth-order valence-corrected chi connectivity index (χ4v) is 11.1. The molecule has 1 heterocycles. The summed E-state index contributed by atoms with van der Waals surface area (Å²) in [5.74, 6) is 0. The van der Waals surface area contributed by atoms with E-state index in [-0.39, 0.29) is 0 Å². The summed E-state index contributed by atoms with van der Waals surface area (Å²) in [6.45, 7) is 0. The molecule has 2 nitrogen and oxygen atoms in total. The summed E-state index contributed by atoms with van der Waals surface area (Å²) < 4.78 is 2.38. The Morgan fingerprint density at radius 1 is 0.299 bits per heavy atom. The zero-order valence-corrected chi connectivity index (χ0v) is 36.8. The molecule has 0 N–H and O–H groups in total. The number of nitrogens with zero attached hydrogens (tertiary/aromatic N) is 2. The molecule has 0 aliphatic heterocycles. The van der Waals surface area contributed by atoms with Gasteiger partial charge in [0.25, 0.3) is 0 Å². The van der Waals surface area contributed by atoms with E-state index in [0.717, 1.165) is 22.7 Å². The molecule has 0 atom stereocenters. The average Bonchev–Trinajstić information content (AvgIpc) is 3.90. The largest absolute Gasteiger partial charge is 0.310 e. The van der Waals surface area contributed by atoms with E-state index in [1.54, 1.807) is 0 Å². The maximum Gasteiger partial charge on any atom is 0.0714 e. The van der Waals surface area contributed by atoms with Gasteiger partial charge in [-0.25, -0.2) is 0 Å². The Bertz CT molecular complexity index is 3750. The molecular formula is C65H44N2. The Hall–Kier alpha value is -8.72. The molecule has 1 aliphatic rings. The van der Waals surface area contributed by atoms with Gasteiger partial charge in [0.1, 0.15) is 0 Å². The maximum absolute atomic E-state index is 2.46. The average molecular weight is 853 g/mol. The zero-order chi connectivity index (χ0) is 44.3. The molecule has 0 unspecified atom stereocenters. The number of para-hydroxylation sites is 2. The maximum atomic E-state index is 2.46. The van der Waals surface area contributed by atoms with Crippen molar-refractivity contribution in [1.29, 1.82) is 0 Å². The molecule has 2 heteroatoms. The normalized spacial score (nSPS) is 12.6. The van der Waals surface area contributed by atoms with Crippen molar-refractivity contribution in [2.75, 3.05) is 4.90 Å². The molecule has 314 valence electrons. The van der Waals surface area contributed by atoms with E-state index in [9.17, 15) is 0 Å². The minimum atomic E-state index is -0.521. The van der Waals surface area contributed by atoms with Crippen LogP contribution in [0, 0.1) is 0 Å². The lowest BCUT2D eigenvalue weighted by molar-refractivity contribution is 0.768. The van der Waals surface area contributed by atoms with Gasteiger partial charge in [-0.15, -0.1) is 0 Å². The highest BCUT2D eigenvalue weighted by molar-refractivity contribution is 6.10. The second-order valence-electron chi connectivity index (χ2n) is 17.6. The van der Waals surface area contributed by atoms with Gasteiger partial charge in [0.15, 0.2) is 0 Å². The molecule has 0 saturated carbocycles. The van der Waals surface area contributed by atoms with Crippen molar-refractivity contribution in [1.82, 2.24) is 4.57 Å². The Morgan fingerprint density at radius 2 is 0.866 bits per heavy atom. The first-order valence-corrected chi connectivity index (χ1v) is 23.2. The molecule has 13 rings (SSSR count). The topological polar surface area (TPSA) is 8.17 Å². The van der Waals surface area contributed by atoms with E-state index < -0.39 is 5.41 Å². The minimum Gasteiger partial charge on any atom is -0.310 e. The number of fused-ring (bicyclic) bond motifs is 7. The summed E-state index contributed by atoms with van der Waals surface area (Å²) >= 11 is 0. The first-order chi connectivity index (χ1) is 33.2. The van der Waals surface area contributed by atoms with Gasteiger partial charge in [-0.2, -0.15) is 0 Å². The molecular weight excluding hydrogens is 809 g/mol. The van der Waals surface area contributed by atoms with Crippen LogP contribution in [0.2, 0.25) is 0 Å². The highest BCUT2D eigenvalue weighted by atomic mass is 15.1. The minimum absolute atomic E-state index is 0.521. The molecule has 0 fully saturated rings. The number of hydrogen-bond donors (Lipinski definition) is 0. The lowest BCUT2D eigenvalue weighted by atomic mass is 9.67. The SMILES string of the molecule is c1ccc(-n2c3ccccc3c3cc(-c4ccc(N(c5cccc(-c6cccc7ccccc67)c5)c5ccc6c(c5)C(c5ccccc5)(c5ccccc5)c5ccccc5-6)cc4)ccc32)cc1. The van der Waals surface area contributed by atoms with Gasteiger partial charge in [0, 0.05) is 33.5 Å². The summed E-state index contributed by atoms with van der Waals surface area (Å²) in [6.07, 6.45) is 0. The van der Waals surface area contributed by atoms with Crippen LogP contribution in [0.4, 0.5) is 17.1 Å². The Labute approximate surface area is 390 Å². The summed E-state index contributed by atoms with van der Waals surface area (Å²) in [7, 11) is 0. The number of hydrogen-bond acceptors (Lipinski definition) is 1. The van der Waals surface area contributed by atoms with Gasteiger partial charge in [0.05, 0.1) is 16.4 Å². The highest BCUT2D eigenvalue weighted by Gasteiger charge is 2.46. The van der Waals surface area contributed by atoms with Crippen molar-refractivity contribution in [3.63, 3.8) is 0 Å². The smallest absolute Gasteiger partial charge is 0.0714 e. The van der Waals surface area contributed by atoms with Gasteiger partial charge in [-0.1, -0.05) is 200 Å². The van der Waals surface area contributed by atoms with Crippen molar-refractivity contribution in [3.05, 3.63) is 289 Å². The van der Waals surface area contributed by atoms with Crippen LogP contribution in [-0.2, 0) is 5.41 Å². The molecule has 67 heavy (non-hydrogen) atoms. The van der Waals surface area contributed by atoms with Crippen molar-refractivity contribution < 1.29 is 0 Å². The van der Waals surface area contributed by atoms with Crippen LogP contribution in [0.25, 0.3) is 71.6 Å². The zero-order valence-electron chi connectivity index (χ0n) is 36.8. The molecule has 0 radical (unpaired) electrons. The van der Waals surface area contributed by atoms with Gasteiger partial charge >= 0.3 is 0 Å². The first-order valence-electron chi connectivity index (χ1n) is 23.2. The first kappa shape index (κ1) is 38.7. The van der Waals surface area contributed by atoms with E-state index in [1.807, 2.05) is 0 Å². The van der Waals surface area contributed by atoms with Gasteiger partial charge in [-0.3, -0.25) is 0 Å². The van der Waals surface area contributed by atoms with E-state index in [0.29, 0.717) is 0 Å². The van der Waals surface area contributed by atoms with Gasteiger partial charge < -0.3 is 9.47 Å². The fraction of sp³-hybridized carbons (Fsp3) is 0.0154. The molecule has 0 saturated heterocycles. The molecule has 0 amide bonds. The van der Waals surface area contributed by atoms with Crippen LogP contribution in [0.15, 0.2) is 267 Å². The van der Waals surface area contributed by atoms with Crippen LogP contribution >= 0.6 is 0 Å².